The molecular formula is C20H21F2N3O2. The van der Waals surface area contributed by atoms with Crippen LogP contribution in [0.5, 0.6) is 0 Å². The van der Waals surface area contributed by atoms with E-state index in [4.69, 9.17) is 0 Å². The molecule has 0 bridgehead atoms. The molecule has 1 aromatic heterocycles. The van der Waals surface area contributed by atoms with Crippen molar-refractivity contribution in [3.8, 4) is 0 Å². The van der Waals surface area contributed by atoms with Crippen molar-refractivity contribution in [1.82, 2.24) is 9.88 Å². The van der Waals surface area contributed by atoms with Crippen LogP contribution < -0.4 is 5.32 Å². The molecule has 2 aromatic rings. The van der Waals surface area contributed by atoms with Crippen LogP contribution in [-0.2, 0) is 0 Å². The molecule has 5 nitrogen and oxygen atoms in total. The summed E-state index contributed by atoms with van der Waals surface area (Å²) in [6.07, 6.45) is 6.54. The molecule has 2 heterocycles. The Morgan fingerprint density at radius 3 is 2.59 bits per heavy atom. The molecule has 7 heteroatoms. The van der Waals surface area contributed by atoms with E-state index in [2.05, 4.69) is 10.3 Å². The van der Waals surface area contributed by atoms with E-state index >= 15 is 0 Å². The van der Waals surface area contributed by atoms with Gasteiger partial charge in [0.15, 0.2) is 0 Å². The Morgan fingerprint density at radius 2 is 1.89 bits per heavy atom. The van der Waals surface area contributed by atoms with Gasteiger partial charge in [-0.1, -0.05) is 13.0 Å². The summed E-state index contributed by atoms with van der Waals surface area (Å²) in [4.78, 5) is 31.0. The first-order valence-electron chi connectivity index (χ1n) is 9.02. The molecule has 142 valence electrons. The largest absolute Gasteiger partial charge is 0.336 e. The summed E-state index contributed by atoms with van der Waals surface area (Å²) >= 11 is 0. The molecule has 1 aromatic carbocycles. The monoisotopic (exact) mass is 373 g/mol. The van der Waals surface area contributed by atoms with Crippen molar-refractivity contribution in [3.63, 3.8) is 0 Å². The summed E-state index contributed by atoms with van der Waals surface area (Å²) < 4.78 is 27.5. The second-order valence-corrected chi connectivity index (χ2v) is 6.57. The molecule has 1 saturated heterocycles. The van der Waals surface area contributed by atoms with E-state index in [0.717, 1.165) is 37.8 Å². The molecule has 0 saturated carbocycles. The van der Waals surface area contributed by atoms with Crippen molar-refractivity contribution in [1.29, 1.82) is 0 Å². The minimum Gasteiger partial charge on any atom is -0.336 e. The summed E-state index contributed by atoms with van der Waals surface area (Å²) in [5, 5.41) is 2.21. The highest BCUT2D eigenvalue weighted by Crippen LogP contribution is 2.22. The van der Waals surface area contributed by atoms with Crippen molar-refractivity contribution in [2.75, 3.05) is 11.9 Å². The number of nitrogens with one attached hydrogen (secondary N) is 1. The van der Waals surface area contributed by atoms with Gasteiger partial charge in [-0.15, -0.1) is 0 Å². The lowest BCUT2D eigenvalue weighted by molar-refractivity contribution is 0.0607. The number of carbonyl (C=O) groups is 2. The van der Waals surface area contributed by atoms with Crippen molar-refractivity contribution < 1.29 is 18.4 Å². The number of carbonyl (C=O) groups excluding carboxylic acids is 2. The zero-order valence-corrected chi connectivity index (χ0v) is 15.0. The number of amides is 2. The predicted molar refractivity (Wildman–Crippen MR) is 97.5 cm³/mol. The average molecular weight is 373 g/mol. The fourth-order valence-corrected chi connectivity index (χ4v) is 3.34. The number of hydrogen-bond donors (Lipinski definition) is 1. The summed E-state index contributed by atoms with van der Waals surface area (Å²) in [6, 6.07) is 4.90. The standard InChI is InChI=1S/C20H21F2N3O2/c1-2-15-6-3-4-9-25(15)20(27)14-10-13(11-23-12-14)19(26)24-18-16(21)7-5-8-17(18)22/h5,7-8,10-12,15H,2-4,6,9H2,1H3,(H,24,26). The Labute approximate surface area is 156 Å². The fourth-order valence-electron chi connectivity index (χ4n) is 3.34. The Morgan fingerprint density at radius 1 is 1.19 bits per heavy atom. The quantitative estimate of drug-likeness (QED) is 0.881. The van der Waals surface area contributed by atoms with Crippen LogP contribution in [0.3, 0.4) is 0 Å². The maximum absolute atomic E-state index is 13.7. The van der Waals surface area contributed by atoms with Crippen molar-refractivity contribution in [2.24, 2.45) is 0 Å². The maximum Gasteiger partial charge on any atom is 0.257 e. The third-order valence-electron chi connectivity index (χ3n) is 4.81. The summed E-state index contributed by atoms with van der Waals surface area (Å²) in [5.41, 5.74) is -0.174. The third-order valence-corrected chi connectivity index (χ3v) is 4.81. The van der Waals surface area contributed by atoms with Gasteiger partial charge in [-0.2, -0.15) is 0 Å². The minimum absolute atomic E-state index is 0.0635. The molecule has 0 radical (unpaired) electrons. The number of likely N-dealkylation sites (tertiary alicyclic amines) is 1. The van der Waals surface area contributed by atoms with E-state index in [-0.39, 0.29) is 23.1 Å². The first-order chi connectivity index (χ1) is 13.0. The Bertz CT molecular complexity index is 837. The molecule has 1 aliphatic rings. The molecule has 3 rings (SSSR count). The van der Waals surface area contributed by atoms with Gasteiger partial charge in [-0.25, -0.2) is 8.78 Å². The molecule has 2 amide bonds. The van der Waals surface area contributed by atoms with E-state index in [1.54, 1.807) is 0 Å². The van der Waals surface area contributed by atoms with Gasteiger partial charge in [0.1, 0.15) is 17.3 Å². The van der Waals surface area contributed by atoms with Gasteiger partial charge < -0.3 is 10.2 Å². The van der Waals surface area contributed by atoms with Crippen LogP contribution >= 0.6 is 0 Å². The Balaban J connectivity index is 1.80. The molecule has 0 aliphatic carbocycles. The topological polar surface area (TPSA) is 62.3 Å². The number of benzene rings is 1. The first-order valence-corrected chi connectivity index (χ1v) is 9.02. The Hall–Kier alpha value is -2.83. The van der Waals surface area contributed by atoms with E-state index in [9.17, 15) is 18.4 Å². The molecular weight excluding hydrogens is 352 g/mol. The van der Waals surface area contributed by atoms with Crippen LogP contribution in [0.15, 0.2) is 36.7 Å². The van der Waals surface area contributed by atoms with Crippen LogP contribution in [0.1, 0.15) is 53.3 Å². The maximum atomic E-state index is 13.7. The number of nitrogens with zero attached hydrogens (tertiary/aromatic N) is 2. The molecule has 1 aliphatic heterocycles. The predicted octanol–water partition coefficient (Wildman–Crippen LogP) is 4.02. The summed E-state index contributed by atoms with van der Waals surface area (Å²) in [7, 11) is 0. The van der Waals surface area contributed by atoms with Crippen LogP contribution in [0.2, 0.25) is 0 Å². The van der Waals surface area contributed by atoms with Gasteiger partial charge >= 0.3 is 0 Å². The van der Waals surface area contributed by atoms with Gasteiger partial charge in [0.25, 0.3) is 11.8 Å². The molecule has 0 spiro atoms. The van der Waals surface area contributed by atoms with E-state index in [1.807, 2.05) is 11.8 Å². The van der Waals surface area contributed by atoms with Gasteiger partial charge in [0, 0.05) is 25.0 Å². The van der Waals surface area contributed by atoms with Gasteiger partial charge in [-0.05, 0) is 43.9 Å². The molecule has 1 atom stereocenters. The van der Waals surface area contributed by atoms with Crippen LogP contribution in [0.25, 0.3) is 0 Å². The molecule has 1 unspecified atom stereocenters. The van der Waals surface area contributed by atoms with Gasteiger partial charge in [0.05, 0.1) is 11.1 Å². The van der Waals surface area contributed by atoms with Crippen molar-refractivity contribution in [3.05, 3.63) is 59.4 Å². The number of para-hydroxylation sites is 1. The van der Waals surface area contributed by atoms with E-state index < -0.39 is 23.2 Å². The third kappa shape index (κ3) is 4.13. The first kappa shape index (κ1) is 18.9. The number of pyridine rings is 1. The number of halogens is 2. The molecule has 1 N–H and O–H groups in total. The molecule has 27 heavy (non-hydrogen) atoms. The Kier molecular flexibility index (Phi) is 5.78. The number of hydrogen-bond acceptors (Lipinski definition) is 3. The zero-order valence-electron chi connectivity index (χ0n) is 15.0. The normalized spacial score (nSPS) is 16.9. The van der Waals surface area contributed by atoms with Crippen molar-refractivity contribution in [2.45, 2.75) is 38.6 Å². The number of rotatable bonds is 4. The SMILES string of the molecule is CCC1CCCCN1C(=O)c1cncc(C(=O)Nc2c(F)cccc2F)c1. The highest BCUT2D eigenvalue weighted by molar-refractivity contribution is 6.06. The lowest BCUT2D eigenvalue weighted by Gasteiger charge is -2.35. The number of piperidine rings is 1. The van der Waals surface area contributed by atoms with Crippen LogP contribution in [0, 0.1) is 11.6 Å². The smallest absolute Gasteiger partial charge is 0.257 e. The van der Waals surface area contributed by atoms with Gasteiger partial charge in [-0.3, -0.25) is 14.6 Å². The number of aromatic nitrogens is 1. The summed E-state index contributed by atoms with van der Waals surface area (Å²) in [6.45, 7) is 2.72. The van der Waals surface area contributed by atoms with Crippen molar-refractivity contribution >= 4 is 17.5 Å². The van der Waals surface area contributed by atoms with Gasteiger partial charge in [0.2, 0.25) is 0 Å². The minimum atomic E-state index is -0.873. The number of anilines is 1. The fraction of sp³-hybridized carbons (Fsp3) is 0.350. The second kappa shape index (κ2) is 8.24. The van der Waals surface area contributed by atoms with E-state index in [0.29, 0.717) is 6.54 Å². The summed E-state index contributed by atoms with van der Waals surface area (Å²) in [5.74, 6) is -2.65. The lowest BCUT2D eigenvalue weighted by atomic mass is 9.99. The lowest BCUT2D eigenvalue weighted by Crippen LogP contribution is -2.43. The van der Waals surface area contributed by atoms with E-state index in [1.165, 1.54) is 24.5 Å². The van der Waals surface area contributed by atoms with Crippen LogP contribution in [0.4, 0.5) is 14.5 Å². The second-order valence-electron chi connectivity index (χ2n) is 6.57. The van der Waals surface area contributed by atoms with Crippen LogP contribution in [-0.4, -0.2) is 34.3 Å². The zero-order chi connectivity index (χ0) is 19.4. The highest BCUT2D eigenvalue weighted by atomic mass is 19.1. The average Bonchev–Trinajstić information content (AvgIpc) is 2.70. The molecule has 1 fully saturated rings. The highest BCUT2D eigenvalue weighted by Gasteiger charge is 2.27.